The number of hydrogen-bond donors (Lipinski definition) is 2. The van der Waals surface area contributed by atoms with Gasteiger partial charge in [-0.25, -0.2) is 23.1 Å². The molecule has 1 aliphatic rings. The number of aryl methyl sites for hydroxylation is 1. The monoisotopic (exact) mass is 464 g/mol. The first-order valence-electron chi connectivity index (χ1n) is 10.9. The summed E-state index contributed by atoms with van der Waals surface area (Å²) in [7, 11) is -3.97. The van der Waals surface area contributed by atoms with Crippen molar-refractivity contribution < 1.29 is 13.5 Å². The fourth-order valence-corrected chi connectivity index (χ4v) is 6.22. The van der Waals surface area contributed by atoms with E-state index in [1.54, 1.807) is 37.4 Å². The van der Waals surface area contributed by atoms with Crippen LogP contribution in [-0.2, 0) is 16.4 Å². The number of aromatic amines is 1. The fraction of sp³-hybridized carbons (Fsp3) is 0.348. The first-order valence-corrected chi connectivity index (χ1v) is 12.4. The molecular formula is C23H24N6O3S. The maximum absolute atomic E-state index is 13.7. The molecule has 0 bridgehead atoms. The van der Waals surface area contributed by atoms with Crippen molar-refractivity contribution in [3.8, 4) is 6.07 Å². The average molecular weight is 465 g/mol. The van der Waals surface area contributed by atoms with Gasteiger partial charge >= 0.3 is 0 Å². The van der Waals surface area contributed by atoms with Gasteiger partial charge in [0.25, 0.3) is 0 Å². The van der Waals surface area contributed by atoms with Gasteiger partial charge in [-0.3, -0.25) is 0 Å². The van der Waals surface area contributed by atoms with Gasteiger partial charge < -0.3 is 15.1 Å². The number of sulfone groups is 1. The van der Waals surface area contributed by atoms with Gasteiger partial charge in [0.1, 0.15) is 23.3 Å². The molecule has 0 atom stereocenters. The molecule has 9 nitrogen and oxygen atoms in total. The van der Waals surface area contributed by atoms with E-state index in [2.05, 4.69) is 26.0 Å². The molecule has 0 aliphatic carbocycles. The number of pyridine rings is 1. The Morgan fingerprint density at radius 1 is 1.21 bits per heavy atom. The Labute approximate surface area is 191 Å². The zero-order valence-electron chi connectivity index (χ0n) is 18.2. The summed E-state index contributed by atoms with van der Waals surface area (Å²) in [5.74, 6) is 0.699. The number of aliphatic hydroxyl groups excluding tert-OH is 1. The number of nitrogens with one attached hydrogen (secondary N) is 1. The second kappa shape index (κ2) is 8.17. The van der Waals surface area contributed by atoms with Crippen LogP contribution in [0, 0.1) is 24.2 Å². The molecule has 170 valence electrons. The van der Waals surface area contributed by atoms with Gasteiger partial charge in [-0.1, -0.05) is 18.2 Å². The van der Waals surface area contributed by atoms with Gasteiger partial charge in [0.15, 0.2) is 10.9 Å². The molecule has 0 radical (unpaired) electrons. The largest absolute Gasteiger partial charge is 0.388 e. The minimum Gasteiger partial charge on any atom is -0.388 e. The van der Waals surface area contributed by atoms with Crippen LogP contribution in [0.2, 0.25) is 0 Å². The van der Waals surface area contributed by atoms with Crippen LogP contribution in [0.1, 0.15) is 30.7 Å². The Morgan fingerprint density at radius 2 is 1.97 bits per heavy atom. The van der Waals surface area contributed by atoms with E-state index in [4.69, 9.17) is 5.26 Å². The second-order valence-corrected chi connectivity index (χ2v) is 10.2. The molecule has 1 aliphatic heterocycles. The second-order valence-electron chi connectivity index (χ2n) is 8.38. The van der Waals surface area contributed by atoms with Gasteiger partial charge in [0.2, 0.25) is 9.84 Å². The quantitative estimate of drug-likeness (QED) is 0.465. The smallest absolute Gasteiger partial charge is 0.226 e. The van der Waals surface area contributed by atoms with Gasteiger partial charge in [0, 0.05) is 31.1 Å². The molecule has 33 heavy (non-hydrogen) atoms. The lowest BCUT2D eigenvalue weighted by Crippen LogP contribution is -2.42. The van der Waals surface area contributed by atoms with E-state index >= 15 is 0 Å². The highest BCUT2D eigenvalue weighted by molar-refractivity contribution is 7.91. The Morgan fingerprint density at radius 3 is 2.67 bits per heavy atom. The fourth-order valence-electron chi connectivity index (χ4n) is 4.66. The molecule has 4 heterocycles. The third-order valence-electron chi connectivity index (χ3n) is 6.35. The minimum absolute atomic E-state index is 0.130. The Balaban J connectivity index is 1.74. The van der Waals surface area contributed by atoms with Crippen LogP contribution in [0.4, 0.5) is 0 Å². The normalized spacial score (nSPS) is 15.4. The molecule has 3 aromatic heterocycles. The van der Waals surface area contributed by atoms with E-state index in [1.807, 2.05) is 10.7 Å². The highest BCUT2D eigenvalue weighted by Crippen LogP contribution is 2.34. The zero-order chi connectivity index (χ0) is 23.2. The average Bonchev–Trinajstić information content (AvgIpc) is 3.43. The maximum atomic E-state index is 13.7. The number of aromatic nitrogens is 4. The summed E-state index contributed by atoms with van der Waals surface area (Å²) in [6.45, 7) is 2.76. The van der Waals surface area contributed by atoms with Gasteiger partial charge in [-0.2, -0.15) is 5.26 Å². The van der Waals surface area contributed by atoms with Crippen molar-refractivity contribution in [1.82, 2.24) is 19.6 Å². The van der Waals surface area contributed by atoms with E-state index in [1.165, 1.54) is 0 Å². The highest BCUT2D eigenvalue weighted by atomic mass is 32.2. The third-order valence-corrected chi connectivity index (χ3v) is 8.18. The van der Waals surface area contributed by atoms with E-state index in [0.29, 0.717) is 48.0 Å². The summed E-state index contributed by atoms with van der Waals surface area (Å²) in [6.07, 6.45) is 3.92. The summed E-state index contributed by atoms with van der Waals surface area (Å²) in [5.41, 5.74) is 1.92. The number of H-pyrrole nitrogens is 1. The lowest BCUT2D eigenvalue weighted by molar-refractivity contribution is 0.261. The number of nitrogens with zero attached hydrogens (tertiary/aromatic N) is 5. The van der Waals surface area contributed by atoms with E-state index in [9.17, 15) is 13.5 Å². The van der Waals surface area contributed by atoms with E-state index in [-0.39, 0.29) is 22.0 Å². The number of piperidine rings is 1. The van der Waals surface area contributed by atoms with Crippen molar-refractivity contribution in [2.45, 2.75) is 42.7 Å². The number of nitriles is 1. The minimum atomic E-state index is -3.97. The molecule has 1 fully saturated rings. The number of imidazole rings is 1. The highest BCUT2D eigenvalue weighted by Gasteiger charge is 2.31. The van der Waals surface area contributed by atoms with Crippen LogP contribution in [0.15, 0.2) is 46.5 Å². The van der Waals surface area contributed by atoms with Crippen molar-refractivity contribution in [3.63, 3.8) is 0 Å². The third kappa shape index (κ3) is 3.44. The number of aliphatic hydroxyl groups is 1. The van der Waals surface area contributed by atoms with Crippen LogP contribution in [0.25, 0.3) is 22.1 Å². The summed E-state index contributed by atoms with van der Waals surface area (Å²) in [6, 6.07) is 10.9. The SMILES string of the molecule is Cc1ccccc1S(=O)(=O)c1nc2[nH]ccc2c2c1nc(CO)n2N1CCC(CC#N)CC1. The van der Waals surface area contributed by atoms with Crippen LogP contribution in [0.5, 0.6) is 0 Å². The number of fused-ring (bicyclic) bond motifs is 3. The summed E-state index contributed by atoms with van der Waals surface area (Å²) in [4.78, 5) is 12.3. The molecule has 0 unspecified atom stereocenters. The van der Waals surface area contributed by atoms with Gasteiger partial charge in [0.05, 0.1) is 11.0 Å². The first-order chi connectivity index (χ1) is 16.0. The number of hydrogen-bond acceptors (Lipinski definition) is 7. The Kier molecular flexibility index (Phi) is 5.31. The summed E-state index contributed by atoms with van der Waals surface area (Å²) in [5, 5.41) is 21.8. The molecule has 1 saturated heterocycles. The topological polar surface area (TPSA) is 128 Å². The summed E-state index contributed by atoms with van der Waals surface area (Å²) < 4.78 is 29.2. The Bertz CT molecular complexity index is 1490. The van der Waals surface area contributed by atoms with Crippen LogP contribution in [0.3, 0.4) is 0 Å². The molecule has 0 amide bonds. The first kappa shape index (κ1) is 21.4. The zero-order valence-corrected chi connectivity index (χ0v) is 19.0. The van der Waals surface area contributed by atoms with Crippen LogP contribution >= 0.6 is 0 Å². The van der Waals surface area contributed by atoms with Crippen LogP contribution in [-0.4, -0.2) is 46.2 Å². The van der Waals surface area contributed by atoms with Crippen molar-refractivity contribution in [3.05, 3.63) is 47.9 Å². The number of benzene rings is 1. The van der Waals surface area contributed by atoms with Crippen molar-refractivity contribution in [2.75, 3.05) is 18.1 Å². The molecule has 0 spiro atoms. The molecular weight excluding hydrogens is 440 g/mol. The van der Waals surface area contributed by atoms with E-state index in [0.717, 1.165) is 18.2 Å². The number of rotatable bonds is 5. The standard InChI is InChI=1S/C23H24N6O3S/c1-15-4-2-3-5-18(15)33(31,32)23-20-21(17-7-11-25-22(17)27-23)29(19(14-30)26-20)28-12-8-16(6-10-24)9-13-28/h2-5,7,11,16,30H,6,8-9,12-14H2,1H3,(H,25,27). The van der Waals surface area contributed by atoms with Crippen molar-refractivity contribution in [2.24, 2.45) is 5.92 Å². The molecule has 1 aromatic carbocycles. The molecule has 10 heteroatoms. The predicted molar refractivity (Wildman–Crippen MR) is 123 cm³/mol. The lowest BCUT2D eigenvalue weighted by atomic mass is 9.95. The van der Waals surface area contributed by atoms with Gasteiger partial charge in [-0.15, -0.1) is 0 Å². The maximum Gasteiger partial charge on any atom is 0.226 e. The van der Waals surface area contributed by atoms with Crippen LogP contribution < -0.4 is 5.01 Å². The molecule has 0 saturated carbocycles. The van der Waals surface area contributed by atoms with E-state index < -0.39 is 9.84 Å². The molecule has 4 aromatic rings. The molecule has 5 rings (SSSR count). The van der Waals surface area contributed by atoms with Gasteiger partial charge in [-0.05, 0) is 43.4 Å². The van der Waals surface area contributed by atoms with Crippen molar-refractivity contribution in [1.29, 1.82) is 5.26 Å². The molecule has 2 N–H and O–H groups in total. The Hall–Kier alpha value is -3.42. The summed E-state index contributed by atoms with van der Waals surface area (Å²) >= 11 is 0. The lowest BCUT2D eigenvalue weighted by Gasteiger charge is -2.34. The van der Waals surface area contributed by atoms with Crippen molar-refractivity contribution >= 4 is 31.9 Å². The predicted octanol–water partition coefficient (Wildman–Crippen LogP) is 2.81.